The molecule has 8 nitrogen and oxygen atoms in total. The normalized spacial score (nSPS) is 20.3. The van der Waals surface area contributed by atoms with Crippen molar-refractivity contribution in [2.75, 3.05) is 0 Å². The summed E-state index contributed by atoms with van der Waals surface area (Å²) in [7, 11) is 0. The molecule has 0 bridgehead atoms. The maximum absolute atomic E-state index is 12.4. The van der Waals surface area contributed by atoms with Crippen LogP contribution in [0.2, 0.25) is 0 Å². The van der Waals surface area contributed by atoms with Crippen LogP contribution in [0.25, 0.3) is 10.9 Å². The van der Waals surface area contributed by atoms with Crippen molar-refractivity contribution in [1.29, 1.82) is 0 Å². The molecule has 1 aromatic heterocycles. The van der Waals surface area contributed by atoms with E-state index in [-0.39, 0.29) is 18.5 Å². The summed E-state index contributed by atoms with van der Waals surface area (Å²) in [6, 6.07) is 6.49. The molecular weight excluding hydrogens is 326 g/mol. The van der Waals surface area contributed by atoms with Crippen LogP contribution in [-0.4, -0.2) is 32.6 Å². The standard InChI is InChI=1S/C17H19N3O5/c21-14(18-11-7-5-10(6-8-11)16(23)24)9-20-15(22)12-3-1-2-4-13(12)19-17(20)25/h1-4,10-11H,5-9H2,(H,18,21)(H,19,25)(H,23,24). The van der Waals surface area contributed by atoms with E-state index in [0.29, 0.717) is 36.6 Å². The molecule has 2 aromatic rings. The number of nitrogens with one attached hydrogen (secondary N) is 2. The predicted molar refractivity (Wildman–Crippen MR) is 90.4 cm³/mol. The zero-order chi connectivity index (χ0) is 18.0. The number of benzene rings is 1. The Kier molecular flexibility index (Phi) is 4.69. The fraction of sp³-hybridized carbons (Fsp3) is 0.412. The second-order valence-corrected chi connectivity index (χ2v) is 6.32. The Hall–Kier alpha value is -2.90. The van der Waals surface area contributed by atoms with Crippen LogP contribution in [0.4, 0.5) is 0 Å². The first-order valence-electron chi connectivity index (χ1n) is 8.19. The zero-order valence-corrected chi connectivity index (χ0v) is 13.5. The fourth-order valence-corrected chi connectivity index (χ4v) is 3.24. The molecule has 1 fully saturated rings. The molecule has 0 radical (unpaired) electrons. The number of carboxylic acid groups (broad SMARTS) is 1. The van der Waals surface area contributed by atoms with Crippen molar-refractivity contribution >= 4 is 22.8 Å². The van der Waals surface area contributed by atoms with Gasteiger partial charge in [0.25, 0.3) is 5.56 Å². The number of amides is 1. The van der Waals surface area contributed by atoms with Gasteiger partial charge in [0.05, 0.1) is 16.8 Å². The van der Waals surface area contributed by atoms with Gasteiger partial charge < -0.3 is 15.4 Å². The average molecular weight is 345 g/mol. The lowest BCUT2D eigenvalue weighted by molar-refractivity contribution is -0.142. The van der Waals surface area contributed by atoms with E-state index >= 15 is 0 Å². The Bertz CT molecular complexity index is 922. The number of hydrogen-bond donors (Lipinski definition) is 3. The number of aromatic amines is 1. The molecule has 0 atom stereocenters. The summed E-state index contributed by atoms with van der Waals surface area (Å²) in [5.41, 5.74) is -0.710. The van der Waals surface area contributed by atoms with Gasteiger partial charge in [-0.15, -0.1) is 0 Å². The first-order valence-corrected chi connectivity index (χ1v) is 8.19. The minimum Gasteiger partial charge on any atom is -0.481 e. The van der Waals surface area contributed by atoms with Gasteiger partial charge in [-0.1, -0.05) is 12.1 Å². The van der Waals surface area contributed by atoms with Crippen molar-refractivity contribution in [3.8, 4) is 0 Å². The number of carboxylic acids is 1. The first kappa shape index (κ1) is 16.9. The molecule has 1 aliphatic rings. The lowest BCUT2D eigenvalue weighted by atomic mass is 9.86. The van der Waals surface area contributed by atoms with E-state index in [0.717, 1.165) is 4.57 Å². The maximum atomic E-state index is 12.4. The predicted octanol–water partition coefficient (Wildman–Crippen LogP) is 0.449. The van der Waals surface area contributed by atoms with Crippen molar-refractivity contribution in [3.63, 3.8) is 0 Å². The van der Waals surface area contributed by atoms with Crippen molar-refractivity contribution in [2.24, 2.45) is 5.92 Å². The molecule has 1 aromatic carbocycles. The second-order valence-electron chi connectivity index (χ2n) is 6.32. The average Bonchev–Trinajstić information content (AvgIpc) is 2.59. The third-order valence-electron chi connectivity index (χ3n) is 4.63. The molecule has 1 saturated carbocycles. The molecule has 0 unspecified atom stereocenters. The molecule has 3 rings (SSSR count). The number of aliphatic carboxylic acids is 1. The van der Waals surface area contributed by atoms with Gasteiger partial charge in [0.1, 0.15) is 6.54 Å². The lowest BCUT2D eigenvalue weighted by Gasteiger charge is -2.26. The van der Waals surface area contributed by atoms with Crippen LogP contribution in [0.5, 0.6) is 0 Å². The number of hydrogen-bond acceptors (Lipinski definition) is 4. The Morgan fingerprint density at radius 1 is 1.16 bits per heavy atom. The van der Waals surface area contributed by atoms with Crippen molar-refractivity contribution < 1.29 is 14.7 Å². The molecule has 132 valence electrons. The van der Waals surface area contributed by atoms with Gasteiger partial charge >= 0.3 is 11.7 Å². The van der Waals surface area contributed by atoms with E-state index in [1.54, 1.807) is 24.3 Å². The van der Waals surface area contributed by atoms with Crippen LogP contribution < -0.4 is 16.6 Å². The minimum absolute atomic E-state index is 0.127. The van der Waals surface area contributed by atoms with Gasteiger partial charge in [0.15, 0.2) is 0 Å². The van der Waals surface area contributed by atoms with Gasteiger partial charge in [-0.25, -0.2) is 4.79 Å². The van der Waals surface area contributed by atoms with Crippen molar-refractivity contribution in [2.45, 2.75) is 38.3 Å². The van der Waals surface area contributed by atoms with Gasteiger partial charge in [0.2, 0.25) is 5.91 Å². The first-order chi connectivity index (χ1) is 12.0. The van der Waals surface area contributed by atoms with Gasteiger partial charge in [0, 0.05) is 6.04 Å². The van der Waals surface area contributed by atoms with Crippen molar-refractivity contribution in [1.82, 2.24) is 14.9 Å². The van der Waals surface area contributed by atoms with Crippen LogP contribution in [0.1, 0.15) is 25.7 Å². The van der Waals surface area contributed by atoms with E-state index in [1.807, 2.05) is 0 Å². The van der Waals surface area contributed by atoms with Gasteiger partial charge in [-0.3, -0.25) is 19.0 Å². The van der Waals surface area contributed by atoms with Crippen LogP contribution in [-0.2, 0) is 16.1 Å². The summed E-state index contributed by atoms with van der Waals surface area (Å²) in [4.78, 5) is 50.2. The quantitative estimate of drug-likeness (QED) is 0.743. The molecule has 0 aliphatic heterocycles. The lowest BCUT2D eigenvalue weighted by Crippen LogP contribution is -2.44. The highest BCUT2D eigenvalue weighted by Crippen LogP contribution is 2.24. The smallest absolute Gasteiger partial charge is 0.329 e. The topological polar surface area (TPSA) is 121 Å². The molecule has 8 heteroatoms. The number of carbonyl (C=O) groups is 2. The molecule has 0 spiro atoms. The van der Waals surface area contributed by atoms with E-state index in [9.17, 15) is 19.2 Å². The number of para-hydroxylation sites is 1. The third-order valence-corrected chi connectivity index (χ3v) is 4.63. The van der Waals surface area contributed by atoms with Crippen LogP contribution >= 0.6 is 0 Å². The van der Waals surface area contributed by atoms with E-state index in [4.69, 9.17) is 5.11 Å². The zero-order valence-electron chi connectivity index (χ0n) is 13.5. The minimum atomic E-state index is -0.806. The van der Waals surface area contributed by atoms with E-state index < -0.39 is 23.1 Å². The Balaban J connectivity index is 1.70. The highest BCUT2D eigenvalue weighted by Gasteiger charge is 2.26. The maximum Gasteiger partial charge on any atom is 0.329 e. The number of H-pyrrole nitrogens is 1. The van der Waals surface area contributed by atoms with E-state index in [2.05, 4.69) is 10.3 Å². The van der Waals surface area contributed by atoms with Crippen LogP contribution in [0.3, 0.4) is 0 Å². The number of aromatic nitrogens is 2. The summed E-state index contributed by atoms with van der Waals surface area (Å²) < 4.78 is 0.876. The number of carbonyl (C=O) groups excluding carboxylic acids is 1. The Morgan fingerprint density at radius 2 is 1.84 bits per heavy atom. The molecule has 3 N–H and O–H groups in total. The summed E-state index contributed by atoms with van der Waals surface area (Å²) in [6.07, 6.45) is 2.17. The summed E-state index contributed by atoms with van der Waals surface area (Å²) in [5, 5.41) is 12.1. The van der Waals surface area contributed by atoms with Gasteiger partial charge in [-0.05, 0) is 37.8 Å². The third kappa shape index (κ3) is 3.62. The number of nitrogens with zero attached hydrogens (tertiary/aromatic N) is 1. The van der Waals surface area contributed by atoms with Crippen LogP contribution in [0, 0.1) is 5.92 Å². The highest BCUT2D eigenvalue weighted by atomic mass is 16.4. The SMILES string of the molecule is O=C(Cn1c(=O)[nH]c2ccccc2c1=O)NC1CCC(C(=O)O)CC1. The van der Waals surface area contributed by atoms with Gasteiger partial charge in [-0.2, -0.15) is 0 Å². The monoisotopic (exact) mass is 345 g/mol. The fourth-order valence-electron chi connectivity index (χ4n) is 3.24. The van der Waals surface area contributed by atoms with Crippen molar-refractivity contribution in [3.05, 3.63) is 45.1 Å². The molecule has 0 saturated heterocycles. The van der Waals surface area contributed by atoms with E-state index in [1.165, 1.54) is 0 Å². The highest BCUT2D eigenvalue weighted by molar-refractivity contribution is 5.79. The molecule has 1 heterocycles. The number of rotatable bonds is 4. The summed E-state index contributed by atoms with van der Waals surface area (Å²) >= 11 is 0. The van der Waals surface area contributed by atoms with Crippen LogP contribution in [0.15, 0.2) is 33.9 Å². The second kappa shape index (κ2) is 6.92. The molecule has 1 aliphatic carbocycles. The Labute approximate surface area is 142 Å². The molecule has 25 heavy (non-hydrogen) atoms. The molecular formula is C17H19N3O5. The summed E-state index contributed by atoms with van der Waals surface area (Å²) in [6.45, 7) is -0.363. The molecule has 1 amide bonds. The largest absolute Gasteiger partial charge is 0.481 e. The number of fused-ring (bicyclic) bond motifs is 1. The Morgan fingerprint density at radius 3 is 2.52 bits per heavy atom. The summed E-state index contributed by atoms with van der Waals surface area (Å²) in [5.74, 6) is -1.60.